The lowest BCUT2D eigenvalue weighted by Crippen LogP contribution is -2.29. The van der Waals surface area contributed by atoms with Crippen LogP contribution in [0.5, 0.6) is 0 Å². The van der Waals surface area contributed by atoms with Crippen LogP contribution in [-0.2, 0) is 28.1 Å². The zero-order chi connectivity index (χ0) is 52.9. The highest BCUT2D eigenvalue weighted by atomic mass is 15.2. The molecule has 0 bridgehead atoms. The van der Waals surface area contributed by atoms with Crippen molar-refractivity contribution in [3.05, 3.63) is 236 Å². The van der Waals surface area contributed by atoms with Crippen LogP contribution in [0.15, 0.2) is 164 Å². The fraction of sp³-hybridized carbons (Fsp3) is 0.333. The van der Waals surface area contributed by atoms with Crippen molar-refractivity contribution in [2.45, 2.75) is 158 Å². The summed E-state index contributed by atoms with van der Waals surface area (Å²) in [6.45, 7) is 34.3. The van der Waals surface area contributed by atoms with Crippen molar-refractivity contribution in [2.24, 2.45) is 0 Å². The molecule has 0 amide bonds. The van der Waals surface area contributed by atoms with E-state index < -0.39 is 5.41 Å². The molecule has 0 fully saturated rings. The molecule has 1 aliphatic carbocycles. The molecule has 1 aliphatic rings. The number of anilines is 6. The van der Waals surface area contributed by atoms with Gasteiger partial charge in [-0.15, -0.1) is 0 Å². The fourth-order valence-corrected chi connectivity index (χ4v) is 11.7. The van der Waals surface area contributed by atoms with E-state index in [1.54, 1.807) is 0 Å². The van der Waals surface area contributed by atoms with Crippen LogP contribution in [-0.4, -0.2) is 0 Å². The fourth-order valence-electron chi connectivity index (χ4n) is 11.7. The number of benzene rings is 8. The number of aryl methyl sites for hydroxylation is 6. The standard InChI is InChI=1S/C72H82N2/c1-16-17-18-19-20-53-23-25-55(26-24-53)72(65-43-48(2)21-40-63(65)64-41-22-49(3)44-66(64)72)56-29-34-61(35-30-56)74(68-51(5)46-58(47-52(68)6)71(13,14)15)62-38-36-60(37-39-62)73(59-32-27-54(28-33-59)69(7,8)9)67-42-31-57(45-50(67)4)70(10,11)12/h21-47H,16-20H2,1-15H3. The van der Waals surface area contributed by atoms with Gasteiger partial charge in [0, 0.05) is 28.4 Å². The lowest BCUT2D eigenvalue weighted by atomic mass is 9.67. The van der Waals surface area contributed by atoms with Gasteiger partial charge in [-0.05, 0) is 191 Å². The zero-order valence-electron chi connectivity index (χ0n) is 47.5. The number of hydrogen-bond donors (Lipinski definition) is 0. The molecule has 8 aromatic carbocycles. The second-order valence-electron chi connectivity index (χ2n) is 24.8. The van der Waals surface area contributed by atoms with Crippen molar-refractivity contribution < 1.29 is 0 Å². The molecule has 0 atom stereocenters. The van der Waals surface area contributed by atoms with Gasteiger partial charge in [0.15, 0.2) is 0 Å². The molecule has 2 nitrogen and oxygen atoms in total. The number of nitrogens with zero attached hydrogens (tertiary/aromatic N) is 2. The second-order valence-corrected chi connectivity index (χ2v) is 24.8. The Morgan fingerprint density at radius 2 is 0.797 bits per heavy atom. The van der Waals surface area contributed by atoms with Gasteiger partial charge >= 0.3 is 0 Å². The van der Waals surface area contributed by atoms with Gasteiger partial charge < -0.3 is 9.80 Å². The summed E-state index contributed by atoms with van der Waals surface area (Å²) in [5.74, 6) is 0. The monoisotopic (exact) mass is 975 g/mol. The molecule has 8 aromatic rings. The van der Waals surface area contributed by atoms with Gasteiger partial charge in [0.2, 0.25) is 0 Å². The lowest BCUT2D eigenvalue weighted by molar-refractivity contribution is 0.589. The highest BCUT2D eigenvalue weighted by molar-refractivity contribution is 5.88. The third kappa shape index (κ3) is 10.0. The third-order valence-electron chi connectivity index (χ3n) is 16.0. The van der Waals surface area contributed by atoms with Crippen LogP contribution in [0, 0.1) is 34.6 Å². The summed E-state index contributed by atoms with van der Waals surface area (Å²) in [7, 11) is 0. The van der Waals surface area contributed by atoms with Gasteiger partial charge in [-0.1, -0.05) is 209 Å². The Kier molecular flexibility index (Phi) is 14.3. The molecule has 9 rings (SSSR count). The van der Waals surface area contributed by atoms with Crippen LogP contribution < -0.4 is 9.80 Å². The molecule has 0 N–H and O–H groups in total. The molecule has 0 aromatic heterocycles. The van der Waals surface area contributed by atoms with Gasteiger partial charge in [-0.3, -0.25) is 0 Å². The van der Waals surface area contributed by atoms with Crippen LogP contribution in [0.3, 0.4) is 0 Å². The number of rotatable bonds is 13. The highest BCUT2D eigenvalue weighted by Gasteiger charge is 2.46. The first-order valence-corrected chi connectivity index (χ1v) is 27.6. The summed E-state index contributed by atoms with van der Waals surface area (Å²) < 4.78 is 0. The van der Waals surface area contributed by atoms with Crippen LogP contribution >= 0.6 is 0 Å². The average Bonchev–Trinajstić information content (AvgIpc) is 3.63. The maximum atomic E-state index is 2.50. The first-order chi connectivity index (χ1) is 35.1. The minimum atomic E-state index is -0.494. The summed E-state index contributed by atoms with van der Waals surface area (Å²) in [6, 6.07) is 63.8. The van der Waals surface area contributed by atoms with Crippen molar-refractivity contribution in [1.29, 1.82) is 0 Å². The first-order valence-electron chi connectivity index (χ1n) is 27.6. The molecular weight excluding hydrogens is 893 g/mol. The molecule has 2 heteroatoms. The Balaban J connectivity index is 1.20. The van der Waals surface area contributed by atoms with Gasteiger partial charge in [0.05, 0.1) is 11.1 Å². The van der Waals surface area contributed by atoms with E-state index in [9.17, 15) is 0 Å². The minimum absolute atomic E-state index is 0.0199. The number of hydrogen-bond acceptors (Lipinski definition) is 2. The second kappa shape index (κ2) is 20.2. The summed E-state index contributed by atoms with van der Waals surface area (Å²) in [5.41, 5.74) is 26.3. The van der Waals surface area contributed by atoms with Crippen LogP contribution in [0.25, 0.3) is 11.1 Å². The number of unbranched alkanes of at least 4 members (excludes halogenated alkanes) is 3. The molecule has 0 heterocycles. The summed E-state index contributed by atoms with van der Waals surface area (Å²) in [6.07, 6.45) is 6.18. The Hall–Kier alpha value is -6.64. The Morgan fingerprint density at radius 1 is 0.378 bits per heavy atom. The van der Waals surface area contributed by atoms with E-state index in [1.165, 1.54) is 121 Å². The molecule has 74 heavy (non-hydrogen) atoms. The van der Waals surface area contributed by atoms with Crippen molar-refractivity contribution in [2.75, 3.05) is 9.80 Å². The topological polar surface area (TPSA) is 6.48 Å². The van der Waals surface area contributed by atoms with Gasteiger partial charge in [0.1, 0.15) is 0 Å². The van der Waals surface area contributed by atoms with Crippen LogP contribution in [0.2, 0.25) is 0 Å². The van der Waals surface area contributed by atoms with E-state index in [-0.39, 0.29) is 16.2 Å². The molecule has 0 saturated heterocycles. The maximum absolute atomic E-state index is 2.50. The Labute approximate surface area is 446 Å². The molecule has 0 radical (unpaired) electrons. The van der Waals surface area contributed by atoms with Crippen molar-refractivity contribution >= 4 is 34.1 Å². The van der Waals surface area contributed by atoms with Gasteiger partial charge in [-0.25, -0.2) is 0 Å². The third-order valence-corrected chi connectivity index (χ3v) is 16.0. The van der Waals surface area contributed by atoms with E-state index in [0.29, 0.717) is 0 Å². The zero-order valence-corrected chi connectivity index (χ0v) is 47.5. The normalized spacial score (nSPS) is 13.2. The lowest BCUT2D eigenvalue weighted by Gasteiger charge is -2.35. The quantitative estimate of drug-likeness (QED) is 0.106. The Bertz CT molecular complexity index is 3200. The smallest absolute Gasteiger partial charge is 0.0713 e. The Morgan fingerprint density at radius 3 is 1.26 bits per heavy atom. The van der Waals surface area contributed by atoms with Gasteiger partial charge in [0.25, 0.3) is 0 Å². The molecular formula is C72H82N2. The summed E-state index contributed by atoms with van der Waals surface area (Å²) in [4.78, 5) is 4.94. The summed E-state index contributed by atoms with van der Waals surface area (Å²) >= 11 is 0. The predicted octanol–water partition coefficient (Wildman–Crippen LogP) is 20.5. The number of fused-ring (bicyclic) bond motifs is 3. The molecule has 380 valence electrons. The van der Waals surface area contributed by atoms with Crippen molar-refractivity contribution in [3.8, 4) is 11.1 Å². The molecule has 0 spiro atoms. The molecule has 0 aliphatic heterocycles. The van der Waals surface area contributed by atoms with E-state index in [4.69, 9.17) is 0 Å². The van der Waals surface area contributed by atoms with E-state index in [0.717, 1.165) is 29.2 Å². The largest absolute Gasteiger partial charge is 0.310 e. The molecule has 0 saturated carbocycles. The SMILES string of the molecule is CCCCCCc1ccc(C2(c3ccc(N(c4ccc(N(c5ccc(C(C)(C)C)cc5)c5ccc(C(C)(C)C)cc5C)cc4)c4c(C)cc(C(C)(C)C)cc4C)cc3)c3cc(C)ccc3-c3ccc(C)cc32)cc1. The van der Waals surface area contributed by atoms with E-state index in [1.807, 2.05) is 0 Å². The minimum Gasteiger partial charge on any atom is -0.310 e. The van der Waals surface area contributed by atoms with Crippen molar-refractivity contribution in [1.82, 2.24) is 0 Å². The first kappa shape index (κ1) is 52.2. The predicted molar refractivity (Wildman–Crippen MR) is 321 cm³/mol. The molecule has 0 unspecified atom stereocenters. The van der Waals surface area contributed by atoms with Crippen molar-refractivity contribution in [3.63, 3.8) is 0 Å². The van der Waals surface area contributed by atoms with E-state index >= 15 is 0 Å². The van der Waals surface area contributed by atoms with Crippen LogP contribution in [0.1, 0.15) is 167 Å². The highest BCUT2D eigenvalue weighted by Crippen LogP contribution is 2.57. The van der Waals surface area contributed by atoms with E-state index in [2.05, 4.69) is 277 Å². The van der Waals surface area contributed by atoms with Crippen LogP contribution in [0.4, 0.5) is 34.1 Å². The maximum Gasteiger partial charge on any atom is 0.0713 e. The average molecular weight is 975 g/mol. The summed E-state index contributed by atoms with van der Waals surface area (Å²) in [5, 5.41) is 0. The van der Waals surface area contributed by atoms with Gasteiger partial charge in [-0.2, -0.15) is 0 Å².